The number of nitrogens with zero attached hydrogens (tertiary/aromatic N) is 1. The Morgan fingerprint density at radius 1 is 1.30 bits per heavy atom. The Balaban J connectivity index is 2.07. The summed E-state index contributed by atoms with van der Waals surface area (Å²) in [7, 11) is 1.67. The first-order valence-electron chi connectivity index (χ1n) is 7.01. The molecule has 0 saturated heterocycles. The van der Waals surface area contributed by atoms with Crippen molar-refractivity contribution in [2.75, 3.05) is 13.7 Å². The van der Waals surface area contributed by atoms with Crippen LogP contribution in [0.5, 0.6) is 5.75 Å². The molecule has 20 heavy (non-hydrogen) atoms. The average Bonchev–Trinajstić information content (AvgIpc) is 2.50. The summed E-state index contributed by atoms with van der Waals surface area (Å²) >= 11 is 0. The third-order valence-corrected chi connectivity index (χ3v) is 3.39. The molecule has 0 aliphatic rings. The average molecular weight is 274 g/mol. The highest BCUT2D eigenvalue weighted by atomic mass is 16.5. The maximum Gasteiger partial charge on any atom is 0.145 e. The molecule has 4 nitrogen and oxygen atoms in total. The molecule has 1 aromatic carbocycles. The molecule has 0 amide bonds. The second-order valence-electron chi connectivity index (χ2n) is 4.98. The molecular weight excluding hydrogens is 252 g/mol. The number of nitrogens with one attached hydrogen (secondary N) is 1. The van der Waals surface area contributed by atoms with Crippen LogP contribution in [0, 0.1) is 0 Å². The lowest BCUT2D eigenvalue weighted by Crippen LogP contribution is -2.26. The summed E-state index contributed by atoms with van der Waals surface area (Å²) < 4.78 is 5.35. The fourth-order valence-corrected chi connectivity index (χ4v) is 2.20. The summed E-state index contributed by atoms with van der Waals surface area (Å²) in [6.45, 7) is 3.09. The fourth-order valence-electron chi connectivity index (χ4n) is 2.20. The van der Waals surface area contributed by atoms with Crippen LogP contribution in [0.4, 0.5) is 0 Å². The molecule has 0 bridgehead atoms. The third kappa shape index (κ3) is 3.68. The molecule has 1 heterocycles. The molecule has 2 rings (SSSR count). The van der Waals surface area contributed by atoms with Gasteiger partial charge in [0.15, 0.2) is 0 Å². The molecule has 0 saturated carbocycles. The van der Waals surface area contributed by atoms with Crippen LogP contribution in [-0.4, -0.2) is 29.8 Å². The first-order chi connectivity index (χ1) is 9.74. The molecule has 0 radical (unpaired) electrons. The second-order valence-corrected chi connectivity index (χ2v) is 4.98. The zero-order valence-electron chi connectivity index (χ0n) is 12.1. The molecule has 2 aromatic rings. The number of benzene rings is 1. The molecule has 0 aliphatic carbocycles. The number of rotatable bonds is 7. The first-order valence-corrected chi connectivity index (χ1v) is 7.01. The van der Waals surface area contributed by atoms with Crippen LogP contribution in [-0.2, 0) is 6.54 Å². The van der Waals surface area contributed by atoms with Crippen LogP contribution in [0.2, 0.25) is 0 Å². The third-order valence-electron chi connectivity index (χ3n) is 3.39. The number of aliphatic hydroxyl groups excluding tert-OH is 1. The lowest BCUT2D eigenvalue weighted by atomic mass is 10.1. The second kappa shape index (κ2) is 7.22. The van der Waals surface area contributed by atoms with Crippen molar-refractivity contribution in [2.45, 2.75) is 32.4 Å². The highest BCUT2D eigenvalue weighted by Crippen LogP contribution is 2.23. The molecule has 0 spiro atoms. The van der Waals surface area contributed by atoms with Crippen molar-refractivity contribution >= 4 is 10.9 Å². The van der Waals surface area contributed by atoms with Crippen LogP contribution in [0.1, 0.15) is 25.5 Å². The molecule has 0 aliphatic heterocycles. The van der Waals surface area contributed by atoms with Gasteiger partial charge in [-0.15, -0.1) is 0 Å². The van der Waals surface area contributed by atoms with E-state index in [2.05, 4.69) is 23.3 Å². The summed E-state index contributed by atoms with van der Waals surface area (Å²) in [5.41, 5.74) is 1.90. The molecule has 2 N–H and O–H groups in total. The molecule has 1 unspecified atom stereocenters. The number of methoxy groups -OCH3 is 1. The molecular formula is C16H22N2O2. The Bertz CT molecular complexity index is 557. The Morgan fingerprint density at radius 3 is 2.90 bits per heavy atom. The normalized spacial score (nSPS) is 12.6. The van der Waals surface area contributed by atoms with Gasteiger partial charge >= 0.3 is 0 Å². The van der Waals surface area contributed by atoms with Crippen molar-refractivity contribution in [3.05, 3.63) is 36.0 Å². The maximum absolute atomic E-state index is 8.82. The van der Waals surface area contributed by atoms with Crippen molar-refractivity contribution in [3.8, 4) is 5.75 Å². The lowest BCUT2D eigenvalue weighted by molar-refractivity contribution is 0.276. The topological polar surface area (TPSA) is 54.4 Å². The number of para-hydroxylation sites is 1. The van der Waals surface area contributed by atoms with Gasteiger partial charge in [0.1, 0.15) is 11.3 Å². The van der Waals surface area contributed by atoms with Crippen molar-refractivity contribution in [3.63, 3.8) is 0 Å². The van der Waals surface area contributed by atoms with Gasteiger partial charge in [-0.2, -0.15) is 0 Å². The van der Waals surface area contributed by atoms with Gasteiger partial charge in [-0.05, 0) is 31.9 Å². The van der Waals surface area contributed by atoms with Gasteiger partial charge in [-0.3, -0.25) is 0 Å². The van der Waals surface area contributed by atoms with E-state index in [9.17, 15) is 0 Å². The highest BCUT2D eigenvalue weighted by molar-refractivity contribution is 5.84. The van der Waals surface area contributed by atoms with Crippen molar-refractivity contribution < 1.29 is 9.84 Å². The summed E-state index contributed by atoms with van der Waals surface area (Å²) in [4.78, 5) is 4.66. The van der Waals surface area contributed by atoms with Gasteiger partial charge in [0, 0.05) is 24.6 Å². The van der Waals surface area contributed by atoms with E-state index < -0.39 is 0 Å². The predicted molar refractivity (Wildman–Crippen MR) is 80.9 cm³/mol. The monoisotopic (exact) mass is 274 g/mol. The van der Waals surface area contributed by atoms with Crippen LogP contribution in [0.3, 0.4) is 0 Å². The minimum absolute atomic E-state index is 0.247. The van der Waals surface area contributed by atoms with E-state index in [1.165, 1.54) is 0 Å². The number of hydrogen-bond donors (Lipinski definition) is 2. The zero-order chi connectivity index (χ0) is 14.4. The van der Waals surface area contributed by atoms with E-state index in [4.69, 9.17) is 9.84 Å². The zero-order valence-corrected chi connectivity index (χ0v) is 12.1. The summed E-state index contributed by atoms with van der Waals surface area (Å²) in [6, 6.07) is 10.4. The molecule has 0 fully saturated rings. The Morgan fingerprint density at radius 2 is 2.15 bits per heavy atom. The van der Waals surface area contributed by atoms with Crippen molar-refractivity contribution in [1.82, 2.24) is 10.3 Å². The number of aliphatic hydroxyl groups is 1. The first kappa shape index (κ1) is 14.8. The SMILES string of the molecule is COc1cccc2ccc(CNC(C)CCCO)nc12. The number of pyridine rings is 1. The molecule has 108 valence electrons. The highest BCUT2D eigenvalue weighted by Gasteiger charge is 2.05. The van der Waals surface area contributed by atoms with Crippen LogP contribution in [0.15, 0.2) is 30.3 Å². The quantitative estimate of drug-likeness (QED) is 0.814. The molecule has 4 heteroatoms. The smallest absolute Gasteiger partial charge is 0.145 e. The fraction of sp³-hybridized carbons (Fsp3) is 0.438. The standard InChI is InChI=1S/C16H22N2O2/c1-12(5-4-10-19)17-11-14-9-8-13-6-3-7-15(20-2)16(13)18-14/h3,6-9,12,17,19H,4-5,10-11H2,1-2H3. The van der Waals surface area contributed by atoms with Crippen molar-refractivity contribution in [1.29, 1.82) is 0 Å². The van der Waals surface area contributed by atoms with Gasteiger partial charge in [-0.1, -0.05) is 18.2 Å². The van der Waals surface area contributed by atoms with Gasteiger partial charge in [-0.25, -0.2) is 4.98 Å². The Kier molecular flexibility index (Phi) is 5.32. The van der Waals surface area contributed by atoms with Gasteiger partial charge in [0.25, 0.3) is 0 Å². The van der Waals surface area contributed by atoms with E-state index >= 15 is 0 Å². The minimum atomic E-state index is 0.247. The maximum atomic E-state index is 8.82. The predicted octanol–water partition coefficient (Wildman–Crippen LogP) is 2.49. The Hall–Kier alpha value is -1.65. The van der Waals surface area contributed by atoms with E-state index in [1.807, 2.05) is 24.3 Å². The van der Waals surface area contributed by atoms with E-state index in [1.54, 1.807) is 7.11 Å². The number of hydrogen-bond acceptors (Lipinski definition) is 4. The van der Waals surface area contributed by atoms with Gasteiger partial charge in [0.2, 0.25) is 0 Å². The summed E-state index contributed by atoms with van der Waals surface area (Å²) in [6.07, 6.45) is 1.79. The lowest BCUT2D eigenvalue weighted by Gasteiger charge is -2.13. The largest absolute Gasteiger partial charge is 0.494 e. The number of fused-ring (bicyclic) bond motifs is 1. The molecule has 1 aromatic heterocycles. The van der Waals surface area contributed by atoms with Crippen LogP contribution in [0.25, 0.3) is 10.9 Å². The minimum Gasteiger partial charge on any atom is -0.494 e. The Labute approximate surface area is 119 Å². The molecule has 1 atom stereocenters. The van der Waals surface area contributed by atoms with E-state index in [0.717, 1.165) is 41.7 Å². The van der Waals surface area contributed by atoms with Gasteiger partial charge < -0.3 is 15.2 Å². The van der Waals surface area contributed by atoms with E-state index in [0.29, 0.717) is 6.04 Å². The van der Waals surface area contributed by atoms with Crippen LogP contribution < -0.4 is 10.1 Å². The summed E-state index contributed by atoms with van der Waals surface area (Å²) in [5, 5.41) is 13.3. The van der Waals surface area contributed by atoms with Gasteiger partial charge in [0.05, 0.1) is 12.8 Å². The summed E-state index contributed by atoms with van der Waals surface area (Å²) in [5.74, 6) is 0.803. The number of aromatic nitrogens is 1. The van der Waals surface area contributed by atoms with Crippen molar-refractivity contribution in [2.24, 2.45) is 0 Å². The number of ether oxygens (including phenoxy) is 1. The van der Waals surface area contributed by atoms with Crippen LogP contribution >= 0.6 is 0 Å². The van der Waals surface area contributed by atoms with E-state index in [-0.39, 0.29) is 6.61 Å².